The number of hydrogen-bond donors (Lipinski definition) is 4. The third-order valence-corrected chi connectivity index (χ3v) is 2.96. The highest BCUT2D eigenvalue weighted by atomic mass is 16.4. The number of carboxylic acid groups (broad SMARTS) is 1. The molecule has 0 rings (SSSR count). The molecule has 0 radical (unpaired) electrons. The Morgan fingerprint density at radius 2 is 1.70 bits per heavy atom. The number of carbonyl (C=O) groups excluding carboxylic acids is 2. The first-order valence-electron chi connectivity index (χ1n) is 6.97. The van der Waals surface area contributed by atoms with Crippen molar-refractivity contribution >= 4 is 17.9 Å². The van der Waals surface area contributed by atoms with E-state index in [9.17, 15) is 14.4 Å². The number of urea groups is 1. The zero-order valence-corrected chi connectivity index (χ0v) is 12.0. The number of primary amides is 1. The first kappa shape index (κ1) is 18.2. The van der Waals surface area contributed by atoms with Crippen LogP contribution in [0.25, 0.3) is 0 Å². The summed E-state index contributed by atoms with van der Waals surface area (Å²) in [6.07, 6.45) is 3.62. The summed E-state index contributed by atoms with van der Waals surface area (Å²) in [5.41, 5.74) is 4.95. The Balaban J connectivity index is 3.77. The highest BCUT2D eigenvalue weighted by Gasteiger charge is 2.10. The molecule has 0 saturated heterocycles. The van der Waals surface area contributed by atoms with Gasteiger partial charge in [0.05, 0.1) is 0 Å². The van der Waals surface area contributed by atoms with Crippen molar-refractivity contribution in [3.05, 3.63) is 0 Å². The van der Waals surface area contributed by atoms with Crippen LogP contribution in [-0.4, -0.2) is 36.1 Å². The maximum Gasteiger partial charge on any atom is 0.314 e. The molecule has 1 atom stereocenters. The lowest BCUT2D eigenvalue weighted by Crippen LogP contribution is -2.38. The standard InChI is InChI=1S/C13H25N3O4/c1-2-3-10(4-5-12(18)19)6-8-15-13(20)16-9-7-11(14)17/h10H,2-9H2,1H3,(H2,14,17)(H,18,19)(H2,15,16,20). The summed E-state index contributed by atoms with van der Waals surface area (Å²) in [4.78, 5) is 32.4. The van der Waals surface area contributed by atoms with E-state index in [1.807, 2.05) is 0 Å². The fraction of sp³-hybridized carbons (Fsp3) is 0.769. The Morgan fingerprint density at radius 3 is 2.25 bits per heavy atom. The first-order valence-corrected chi connectivity index (χ1v) is 6.97. The van der Waals surface area contributed by atoms with E-state index >= 15 is 0 Å². The van der Waals surface area contributed by atoms with Gasteiger partial charge < -0.3 is 21.5 Å². The highest BCUT2D eigenvalue weighted by molar-refractivity contribution is 5.76. The van der Waals surface area contributed by atoms with Crippen molar-refractivity contribution < 1.29 is 19.5 Å². The number of hydrogen-bond acceptors (Lipinski definition) is 3. The fourth-order valence-electron chi connectivity index (χ4n) is 1.92. The van der Waals surface area contributed by atoms with Gasteiger partial charge >= 0.3 is 12.0 Å². The Labute approximate surface area is 119 Å². The third-order valence-electron chi connectivity index (χ3n) is 2.96. The third kappa shape index (κ3) is 11.3. The van der Waals surface area contributed by atoms with Gasteiger partial charge in [0.15, 0.2) is 0 Å². The number of aliphatic carboxylic acids is 1. The number of carbonyl (C=O) groups is 3. The second-order valence-electron chi connectivity index (χ2n) is 4.77. The lowest BCUT2D eigenvalue weighted by atomic mass is 9.94. The van der Waals surface area contributed by atoms with Gasteiger partial charge in [-0.3, -0.25) is 9.59 Å². The predicted octanol–water partition coefficient (Wildman–Crippen LogP) is 0.832. The minimum absolute atomic E-state index is 0.116. The summed E-state index contributed by atoms with van der Waals surface area (Å²) in [6, 6.07) is -0.334. The maximum absolute atomic E-state index is 11.4. The summed E-state index contributed by atoms with van der Waals surface area (Å²) < 4.78 is 0. The van der Waals surface area contributed by atoms with Crippen LogP contribution < -0.4 is 16.4 Å². The van der Waals surface area contributed by atoms with Gasteiger partial charge in [-0.15, -0.1) is 0 Å². The lowest BCUT2D eigenvalue weighted by Gasteiger charge is -2.15. The van der Waals surface area contributed by atoms with Crippen LogP contribution in [-0.2, 0) is 9.59 Å². The molecule has 5 N–H and O–H groups in total. The molecule has 116 valence electrons. The van der Waals surface area contributed by atoms with Crippen molar-refractivity contribution in [3.8, 4) is 0 Å². The molecule has 0 saturated carbocycles. The van der Waals surface area contributed by atoms with E-state index in [0.717, 1.165) is 19.3 Å². The summed E-state index contributed by atoms with van der Waals surface area (Å²) in [7, 11) is 0. The van der Waals surface area contributed by atoms with Crippen molar-refractivity contribution in [2.75, 3.05) is 13.1 Å². The van der Waals surface area contributed by atoms with E-state index < -0.39 is 11.9 Å². The molecule has 0 aromatic rings. The fourth-order valence-corrected chi connectivity index (χ4v) is 1.92. The zero-order chi connectivity index (χ0) is 15.4. The zero-order valence-electron chi connectivity index (χ0n) is 12.0. The van der Waals surface area contributed by atoms with Crippen LogP contribution in [0, 0.1) is 5.92 Å². The molecule has 0 aliphatic carbocycles. The predicted molar refractivity (Wildman–Crippen MR) is 75.1 cm³/mol. The van der Waals surface area contributed by atoms with Crippen LogP contribution in [0.15, 0.2) is 0 Å². The van der Waals surface area contributed by atoms with Crippen molar-refractivity contribution in [1.29, 1.82) is 0 Å². The van der Waals surface area contributed by atoms with Gasteiger partial charge in [0, 0.05) is 25.9 Å². The van der Waals surface area contributed by atoms with Crippen LogP contribution in [0.2, 0.25) is 0 Å². The molecule has 3 amide bonds. The van der Waals surface area contributed by atoms with Crippen LogP contribution in [0.1, 0.15) is 45.4 Å². The molecule has 0 bridgehead atoms. The molecule has 0 aromatic carbocycles. The quantitative estimate of drug-likeness (QED) is 0.449. The topological polar surface area (TPSA) is 122 Å². The summed E-state index contributed by atoms with van der Waals surface area (Å²) in [5, 5.41) is 13.9. The van der Waals surface area contributed by atoms with E-state index in [2.05, 4.69) is 17.6 Å². The SMILES string of the molecule is CCCC(CCNC(=O)NCCC(N)=O)CCC(=O)O. The molecule has 0 fully saturated rings. The molecule has 1 unspecified atom stereocenters. The van der Waals surface area contributed by atoms with Crippen LogP contribution in [0.5, 0.6) is 0 Å². The van der Waals surface area contributed by atoms with Crippen molar-refractivity contribution in [2.45, 2.75) is 45.4 Å². The van der Waals surface area contributed by atoms with E-state index in [1.165, 1.54) is 0 Å². The molecule has 0 aliphatic heterocycles. The number of amides is 3. The Morgan fingerprint density at radius 1 is 1.05 bits per heavy atom. The van der Waals surface area contributed by atoms with E-state index in [1.54, 1.807) is 0 Å². The normalized spacial score (nSPS) is 11.7. The second kappa shape index (κ2) is 11.1. The highest BCUT2D eigenvalue weighted by Crippen LogP contribution is 2.16. The smallest absolute Gasteiger partial charge is 0.314 e. The van der Waals surface area contributed by atoms with Gasteiger partial charge in [0.2, 0.25) is 5.91 Å². The molecule has 20 heavy (non-hydrogen) atoms. The molecule has 0 aliphatic rings. The monoisotopic (exact) mass is 287 g/mol. The van der Waals surface area contributed by atoms with Gasteiger partial charge in [-0.05, 0) is 18.8 Å². The maximum atomic E-state index is 11.4. The van der Waals surface area contributed by atoms with Gasteiger partial charge in [-0.1, -0.05) is 19.8 Å². The molecule has 7 heteroatoms. The van der Waals surface area contributed by atoms with Crippen LogP contribution in [0.4, 0.5) is 4.79 Å². The number of rotatable bonds is 11. The van der Waals surface area contributed by atoms with Crippen molar-refractivity contribution in [1.82, 2.24) is 10.6 Å². The van der Waals surface area contributed by atoms with Gasteiger partial charge in [-0.25, -0.2) is 4.79 Å². The largest absolute Gasteiger partial charge is 0.481 e. The van der Waals surface area contributed by atoms with Crippen LogP contribution in [0.3, 0.4) is 0 Å². The van der Waals surface area contributed by atoms with Crippen LogP contribution >= 0.6 is 0 Å². The lowest BCUT2D eigenvalue weighted by molar-refractivity contribution is -0.137. The van der Waals surface area contributed by atoms with E-state index in [0.29, 0.717) is 18.9 Å². The van der Waals surface area contributed by atoms with Gasteiger partial charge in [0.1, 0.15) is 0 Å². The molecule has 0 spiro atoms. The minimum atomic E-state index is -0.789. The van der Waals surface area contributed by atoms with Gasteiger partial charge in [-0.2, -0.15) is 0 Å². The molecule has 7 nitrogen and oxygen atoms in total. The van der Waals surface area contributed by atoms with Crippen molar-refractivity contribution in [3.63, 3.8) is 0 Å². The molecule has 0 heterocycles. The molecule has 0 aromatic heterocycles. The Bertz CT molecular complexity index is 321. The van der Waals surface area contributed by atoms with Gasteiger partial charge in [0.25, 0.3) is 0 Å². The number of carboxylic acids is 1. The second-order valence-corrected chi connectivity index (χ2v) is 4.77. The Hall–Kier alpha value is -1.79. The summed E-state index contributed by atoms with van der Waals surface area (Å²) in [5.74, 6) is -0.938. The summed E-state index contributed by atoms with van der Waals surface area (Å²) in [6.45, 7) is 2.77. The average molecular weight is 287 g/mol. The van der Waals surface area contributed by atoms with Crippen molar-refractivity contribution in [2.24, 2.45) is 11.7 Å². The Kier molecular flexibility index (Phi) is 10.1. The average Bonchev–Trinajstić information content (AvgIpc) is 2.35. The molecular weight excluding hydrogens is 262 g/mol. The number of nitrogens with two attached hydrogens (primary N) is 1. The number of nitrogens with one attached hydrogen (secondary N) is 2. The van der Waals surface area contributed by atoms with E-state index in [4.69, 9.17) is 10.8 Å². The van der Waals surface area contributed by atoms with E-state index in [-0.39, 0.29) is 25.4 Å². The first-order chi connectivity index (χ1) is 9.45. The minimum Gasteiger partial charge on any atom is -0.481 e. The molecular formula is C13H25N3O4. The summed E-state index contributed by atoms with van der Waals surface area (Å²) >= 11 is 0.